The van der Waals surface area contributed by atoms with Crippen molar-refractivity contribution in [1.82, 2.24) is 24.3 Å². The summed E-state index contributed by atoms with van der Waals surface area (Å²) >= 11 is 6.20. The van der Waals surface area contributed by atoms with Crippen molar-refractivity contribution in [1.29, 1.82) is 0 Å². The largest absolute Gasteiger partial charge is 0.319 e. The number of para-hydroxylation sites is 1. The first-order chi connectivity index (χ1) is 10.1. The fourth-order valence-corrected chi connectivity index (χ4v) is 2.40. The van der Waals surface area contributed by atoms with Crippen LogP contribution in [0, 0.1) is 0 Å². The van der Waals surface area contributed by atoms with Gasteiger partial charge in [0.2, 0.25) is 0 Å². The van der Waals surface area contributed by atoms with E-state index in [4.69, 9.17) is 11.6 Å². The second-order valence-electron chi connectivity index (χ2n) is 4.85. The molecule has 2 aromatic heterocycles. The monoisotopic (exact) mass is 303 g/mol. The van der Waals surface area contributed by atoms with E-state index in [2.05, 4.69) is 15.2 Å². The van der Waals surface area contributed by atoms with Crippen LogP contribution in [0.25, 0.3) is 10.9 Å². The highest BCUT2D eigenvalue weighted by Crippen LogP contribution is 2.19. The summed E-state index contributed by atoms with van der Waals surface area (Å²) in [5.41, 5.74) is 0.533. The Kier molecular flexibility index (Phi) is 3.47. The zero-order valence-electron chi connectivity index (χ0n) is 11.7. The highest BCUT2D eigenvalue weighted by atomic mass is 35.5. The Morgan fingerprint density at radius 3 is 2.76 bits per heavy atom. The Balaban J connectivity index is 2.24. The first kappa shape index (κ1) is 13.8. The normalized spacial score (nSPS) is 12.7. The van der Waals surface area contributed by atoms with Crippen LogP contribution in [0.4, 0.5) is 0 Å². The molecule has 108 valence electrons. The lowest BCUT2D eigenvalue weighted by Gasteiger charge is -2.14. The molecule has 3 rings (SSSR count). The van der Waals surface area contributed by atoms with Crippen molar-refractivity contribution in [2.45, 2.75) is 18.8 Å². The summed E-state index contributed by atoms with van der Waals surface area (Å²) in [5, 5.41) is 8.03. The molecule has 0 aliphatic carbocycles. The van der Waals surface area contributed by atoms with Gasteiger partial charge in [-0.15, -0.1) is 21.8 Å². The molecule has 0 spiro atoms. The van der Waals surface area contributed by atoms with Gasteiger partial charge < -0.3 is 4.57 Å². The SMILES string of the molecule is CC(Cl)c1nc2ccccc2c(=O)n1Cc1nncn1C. The number of fused-ring (bicyclic) bond motifs is 1. The predicted molar refractivity (Wildman–Crippen MR) is 80.4 cm³/mol. The molecule has 0 radical (unpaired) electrons. The van der Waals surface area contributed by atoms with Crippen molar-refractivity contribution in [3.63, 3.8) is 0 Å². The summed E-state index contributed by atoms with van der Waals surface area (Å²) in [6, 6.07) is 7.25. The van der Waals surface area contributed by atoms with Gasteiger partial charge in [-0.25, -0.2) is 4.98 Å². The summed E-state index contributed by atoms with van der Waals surface area (Å²) in [5.74, 6) is 1.20. The molecule has 6 nitrogen and oxygen atoms in total. The van der Waals surface area contributed by atoms with Gasteiger partial charge in [-0.05, 0) is 19.1 Å². The van der Waals surface area contributed by atoms with Crippen molar-refractivity contribution in [3.05, 3.63) is 52.6 Å². The minimum absolute atomic E-state index is 0.119. The van der Waals surface area contributed by atoms with Gasteiger partial charge in [-0.1, -0.05) is 12.1 Å². The van der Waals surface area contributed by atoms with Crippen LogP contribution in [0.15, 0.2) is 35.4 Å². The molecule has 1 atom stereocenters. The highest BCUT2D eigenvalue weighted by molar-refractivity contribution is 6.20. The molecule has 0 saturated heterocycles. The van der Waals surface area contributed by atoms with Crippen molar-refractivity contribution in [3.8, 4) is 0 Å². The number of hydrogen-bond acceptors (Lipinski definition) is 4. The maximum absolute atomic E-state index is 12.7. The van der Waals surface area contributed by atoms with E-state index in [-0.39, 0.29) is 10.9 Å². The van der Waals surface area contributed by atoms with Crippen LogP contribution in [0.1, 0.15) is 23.9 Å². The molecule has 0 amide bonds. The Bertz CT molecular complexity index is 852. The number of aromatic nitrogens is 5. The molecule has 0 aliphatic heterocycles. The molecule has 7 heteroatoms. The molecule has 21 heavy (non-hydrogen) atoms. The third-order valence-electron chi connectivity index (χ3n) is 3.35. The average molecular weight is 304 g/mol. The first-order valence-corrected chi connectivity index (χ1v) is 6.98. The third-order valence-corrected chi connectivity index (χ3v) is 3.55. The molecule has 1 aromatic carbocycles. The maximum atomic E-state index is 12.7. The number of aryl methyl sites for hydroxylation is 1. The van der Waals surface area contributed by atoms with E-state index in [9.17, 15) is 4.79 Å². The summed E-state index contributed by atoms with van der Waals surface area (Å²) in [7, 11) is 1.83. The Hall–Kier alpha value is -2.21. The molecular formula is C14H14ClN5O. The van der Waals surface area contributed by atoms with Crippen LogP contribution >= 0.6 is 11.6 Å². The Morgan fingerprint density at radius 2 is 2.10 bits per heavy atom. The van der Waals surface area contributed by atoms with Gasteiger partial charge in [0.1, 0.15) is 12.2 Å². The van der Waals surface area contributed by atoms with E-state index in [1.165, 1.54) is 0 Å². The van der Waals surface area contributed by atoms with Crippen LogP contribution in [0.5, 0.6) is 0 Å². The minimum Gasteiger partial charge on any atom is -0.319 e. The highest BCUT2D eigenvalue weighted by Gasteiger charge is 2.16. The van der Waals surface area contributed by atoms with Crippen LogP contribution < -0.4 is 5.56 Å². The van der Waals surface area contributed by atoms with E-state index >= 15 is 0 Å². The second kappa shape index (κ2) is 5.29. The topological polar surface area (TPSA) is 65.6 Å². The fourth-order valence-electron chi connectivity index (χ4n) is 2.23. The molecule has 0 N–H and O–H groups in total. The molecule has 0 saturated carbocycles. The fraction of sp³-hybridized carbons (Fsp3) is 0.286. The molecule has 3 aromatic rings. The zero-order valence-corrected chi connectivity index (χ0v) is 12.4. The standard InChI is InChI=1S/C14H14ClN5O/c1-9(15)13-17-11-6-4-3-5-10(11)14(21)20(13)7-12-18-16-8-19(12)2/h3-6,8-9H,7H2,1-2H3. The van der Waals surface area contributed by atoms with E-state index in [0.29, 0.717) is 29.1 Å². The zero-order chi connectivity index (χ0) is 15.0. The molecule has 0 fully saturated rings. The van der Waals surface area contributed by atoms with Crippen LogP contribution in [-0.4, -0.2) is 24.3 Å². The minimum atomic E-state index is -0.379. The van der Waals surface area contributed by atoms with Gasteiger partial charge in [-0.3, -0.25) is 9.36 Å². The van der Waals surface area contributed by atoms with Crippen molar-refractivity contribution >= 4 is 22.5 Å². The summed E-state index contributed by atoms with van der Waals surface area (Å²) in [6.07, 6.45) is 1.60. The van der Waals surface area contributed by atoms with Crippen LogP contribution in [-0.2, 0) is 13.6 Å². The summed E-state index contributed by atoms with van der Waals surface area (Å²) in [6.45, 7) is 2.09. The first-order valence-electron chi connectivity index (χ1n) is 6.54. The number of benzene rings is 1. The van der Waals surface area contributed by atoms with Gasteiger partial charge in [0.15, 0.2) is 5.82 Å². The summed E-state index contributed by atoms with van der Waals surface area (Å²) < 4.78 is 3.33. The number of rotatable bonds is 3. The van der Waals surface area contributed by atoms with Gasteiger partial charge in [0.25, 0.3) is 5.56 Å². The Morgan fingerprint density at radius 1 is 1.33 bits per heavy atom. The molecule has 1 unspecified atom stereocenters. The smallest absolute Gasteiger partial charge is 0.261 e. The van der Waals surface area contributed by atoms with Gasteiger partial charge in [0, 0.05) is 7.05 Å². The second-order valence-corrected chi connectivity index (χ2v) is 5.51. The van der Waals surface area contributed by atoms with Gasteiger partial charge >= 0.3 is 0 Å². The molecular weight excluding hydrogens is 290 g/mol. The lowest BCUT2D eigenvalue weighted by Crippen LogP contribution is -2.27. The number of nitrogens with zero attached hydrogens (tertiary/aromatic N) is 5. The molecule has 0 bridgehead atoms. The van der Waals surface area contributed by atoms with E-state index in [1.54, 1.807) is 28.5 Å². The number of hydrogen-bond donors (Lipinski definition) is 0. The van der Waals surface area contributed by atoms with E-state index < -0.39 is 0 Å². The average Bonchev–Trinajstić information content (AvgIpc) is 2.87. The van der Waals surface area contributed by atoms with Crippen molar-refractivity contribution < 1.29 is 0 Å². The van der Waals surface area contributed by atoms with Crippen LogP contribution in [0.2, 0.25) is 0 Å². The number of alkyl halides is 1. The predicted octanol–water partition coefficient (Wildman–Crippen LogP) is 1.87. The molecule has 0 aliphatic rings. The van der Waals surface area contributed by atoms with Gasteiger partial charge in [-0.2, -0.15) is 0 Å². The van der Waals surface area contributed by atoms with Crippen molar-refractivity contribution in [2.75, 3.05) is 0 Å². The van der Waals surface area contributed by atoms with E-state index in [0.717, 1.165) is 0 Å². The molecule has 2 heterocycles. The number of halogens is 1. The van der Waals surface area contributed by atoms with Gasteiger partial charge in [0.05, 0.1) is 22.8 Å². The Labute approximate surface area is 126 Å². The van der Waals surface area contributed by atoms with E-state index in [1.807, 2.05) is 25.2 Å². The summed E-state index contributed by atoms with van der Waals surface area (Å²) in [4.78, 5) is 17.2. The lowest BCUT2D eigenvalue weighted by molar-refractivity contribution is 0.630. The third kappa shape index (κ3) is 2.42. The quantitative estimate of drug-likeness (QED) is 0.693. The van der Waals surface area contributed by atoms with Crippen LogP contribution in [0.3, 0.4) is 0 Å². The maximum Gasteiger partial charge on any atom is 0.261 e. The lowest BCUT2D eigenvalue weighted by atomic mass is 10.2. The van der Waals surface area contributed by atoms with Crippen molar-refractivity contribution in [2.24, 2.45) is 7.05 Å².